The van der Waals surface area contributed by atoms with Gasteiger partial charge in [-0.25, -0.2) is 0 Å². The predicted molar refractivity (Wildman–Crippen MR) is 87.5 cm³/mol. The van der Waals surface area contributed by atoms with Crippen LogP contribution in [0.4, 0.5) is 0 Å². The number of nitrogens with zero attached hydrogens (tertiary/aromatic N) is 1. The van der Waals surface area contributed by atoms with Gasteiger partial charge in [0.15, 0.2) is 0 Å². The topological polar surface area (TPSA) is 66.8 Å². The Labute approximate surface area is 137 Å². The van der Waals surface area contributed by atoms with Crippen LogP contribution in [0.1, 0.15) is 35.1 Å². The number of aliphatic carboxylic acids is 1. The van der Waals surface area contributed by atoms with E-state index in [4.69, 9.17) is 9.84 Å². The number of carboxylic acid groups (broad SMARTS) is 1. The molecule has 1 N–H and O–H groups in total. The molecule has 1 fully saturated rings. The number of carboxylic acids is 1. The van der Waals surface area contributed by atoms with E-state index in [9.17, 15) is 9.59 Å². The Morgan fingerprint density at radius 1 is 1.26 bits per heavy atom. The monoisotopic (exact) mass is 319 g/mol. The molecule has 5 heteroatoms. The molecular weight excluding hydrogens is 294 g/mol. The summed E-state index contributed by atoms with van der Waals surface area (Å²) >= 11 is 0. The molecule has 2 rings (SSSR count). The molecule has 0 saturated carbocycles. The van der Waals surface area contributed by atoms with E-state index in [2.05, 4.69) is 12.1 Å². The summed E-state index contributed by atoms with van der Waals surface area (Å²) in [6.45, 7) is 6.54. The largest absolute Gasteiger partial charge is 0.481 e. The number of amides is 1. The molecule has 0 radical (unpaired) electrons. The van der Waals surface area contributed by atoms with E-state index in [0.717, 1.165) is 16.7 Å². The number of likely N-dealkylation sites (tertiary alicyclic amines) is 1. The molecule has 1 saturated heterocycles. The van der Waals surface area contributed by atoms with Crippen LogP contribution < -0.4 is 0 Å². The molecule has 1 heterocycles. The van der Waals surface area contributed by atoms with Gasteiger partial charge in [0.05, 0.1) is 18.9 Å². The second-order valence-electron chi connectivity index (χ2n) is 6.45. The number of ether oxygens (including phenoxy) is 1. The molecule has 0 aliphatic carbocycles. The van der Waals surface area contributed by atoms with E-state index in [1.807, 2.05) is 20.8 Å². The van der Waals surface area contributed by atoms with Gasteiger partial charge in [0.1, 0.15) is 0 Å². The van der Waals surface area contributed by atoms with E-state index in [-0.39, 0.29) is 24.5 Å². The normalized spacial score (nSPS) is 20.8. The standard InChI is InChI=1S/C18H25NO4/c1-11-5-12(2)16(13(3)6-11)9-17(20)19-10-15(23-4)7-14(19)8-18(21)22/h5-6,14-15H,7-10H2,1-4H3,(H,21,22). The van der Waals surface area contributed by atoms with Crippen LogP contribution in [0.5, 0.6) is 0 Å². The van der Waals surface area contributed by atoms with Crippen molar-refractivity contribution in [2.75, 3.05) is 13.7 Å². The Hall–Kier alpha value is -1.88. The number of hydrogen-bond acceptors (Lipinski definition) is 3. The molecule has 1 amide bonds. The fourth-order valence-corrected chi connectivity index (χ4v) is 3.49. The lowest BCUT2D eigenvalue weighted by molar-refractivity contribution is -0.139. The highest BCUT2D eigenvalue weighted by Crippen LogP contribution is 2.25. The first-order chi connectivity index (χ1) is 10.8. The number of benzene rings is 1. The number of methoxy groups -OCH3 is 1. The Kier molecular flexibility index (Phi) is 5.42. The molecule has 1 aromatic carbocycles. The van der Waals surface area contributed by atoms with Crippen molar-refractivity contribution < 1.29 is 19.4 Å². The first-order valence-corrected chi connectivity index (χ1v) is 7.92. The van der Waals surface area contributed by atoms with E-state index in [1.54, 1.807) is 12.0 Å². The van der Waals surface area contributed by atoms with Gasteiger partial charge < -0.3 is 14.7 Å². The lowest BCUT2D eigenvalue weighted by Gasteiger charge is -2.24. The van der Waals surface area contributed by atoms with E-state index in [1.165, 1.54) is 5.56 Å². The minimum atomic E-state index is -0.882. The van der Waals surface area contributed by atoms with Crippen molar-refractivity contribution in [2.24, 2.45) is 0 Å². The first-order valence-electron chi connectivity index (χ1n) is 7.92. The number of carbonyl (C=O) groups excluding carboxylic acids is 1. The number of rotatable bonds is 5. The van der Waals surface area contributed by atoms with Crippen LogP contribution in [0.3, 0.4) is 0 Å². The first kappa shape index (κ1) is 17.5. The SMILES string of the molecule is COC1CC(CC(=O)O)N(C(=O)Cc2c(C)cc(C)cc2C)C1. The van der Waals surface area contributed by atoms with E-state index < -0.39 is 5.97 Å². The van der Waals surface area contributed by atoms with Crippen molar-refractivity contribution in [1.29, 1.82) is 0 Å². The Morgan fingerprint density at radius 3 is 2.39 bits per heavy atom. The predicted octanol–water partition coefficient (Wildman–Crippen LogP) is 2.24. The van der Waals surface area contributed by atoms with Gasteiger partial charge in [0, 0.05) is 19.7 Å². The van der Waals surface area contributed by atoms with Crippen molar-refractivity contribution in [2.45, 2.75) is 52.2 Å². The molecule has 1 aromatic rings. The third-order valence-corrected chi connectivity index (χ3v) is 4.61. The summed E-state index contributed by atoms with van der Waals surface area (Å²) in [7, 11) is 1.60. The molecule has 0 bridgehead atoms. The van der Waals surface area contributed by atoms with Gasteiger partial charge in [-0.1, -0.05) is 17.7 Å². The van der Waals surface area contributed by atoms with Crippen LogP contribution in [0.2, 0.25) is 0 Å². The maximum atomic E-state index is 12.7. The van der Waals surface area contributed by atoms with Crippen LogP contribution >= 0.6 is 0 Å². The molecule has 1 aliphatic rings. The number of aryl methyl sites for hydroxylation is 3. The molecular formula is C18H25NO4. The van der Waals surface area contributed by atoms with Crippen LogP contribution in [0.15, 0.2) is 12.1 Å². The Morgan fingerprint density at radius 2 is 1.87 bits per heavy atom. The van der Waals surface area contributed by atoms with Gasteiger partial charge in [0.2, 0.25) is 5.91 Å². The number of hydrogen-bond donors (Lipinski definition) is 1. The highest BCUT2D eigenvalue weighted by molar-refractivity contribution is 5.81. The summed E-state index contributed by atoms with van der Waals surface area (Å²) in [4.78, 5) is 25.5. The van der Waals surface area contributed by atoms with Crippen molar-refractivity contribution in [3.8, 4) is 0 Å². The molecule has 2 unspecified atom stereocenters. The van der Waals surface area contributed by atoms with Crippen LogP contribution in [-0.2, 0) is 20.7 Å². The van der Waals surface area contributed by atoms with Crippen LogP contribution in [0, 0.1) is 20.8 Å². The zero-order valence-electron chi connectivity index (χ0n) is 14.3. The van der Waals surface area contributed by atoms with E-state index >= 15 is 0 Å². The smallest absolute Gasteiger partial charge is 0.305 e. The second-order valence-corrected chi connectivity index (χ2v) is 6.45. The summed E-state index contributed by atoms with van der Waals surface area (Å²) in [6, 6.07) is 3.87. The lowest BCUT2D eigenvalue weighted by Crippen LogP contribution is -2.38. The third kappa shape index (κ3) is 4.10. The highest BCUT2D eigenvalue weighted by atomic mass is 16.5. The average molecular weight is 319 g/mol. The Bertz CT molecular complexity index is 588. The maximum Gasteiger partial charge on any atom is 0.305 e. The van der Waals surface area contributed by atoms with Gasteiger partial charge in [-0.15, -0.1) is 0 Å². The molecule has 0 spiro atoms. The maximum absolute atomic E-state index is 12.7. The van der Waals surface area contributed by atoms with Crippen molar-refractivity contribution in [1.82, 2.24) is 4.90 Å². The zero-order chi connectivity index (χ0) is 17.1. The average Bonchev–Trinajstić information content (AvgIpc) is 2.84. The minimum Gasteiger partial charge on any atom is -0.481 e. The molecule has 5 nitrogen and oxygen atoms in total. The Balaban J connectivity index is 2.17. The molecule has 126 valence electrons. The van der Waals surface area contributed by atoms with Crippen molar-refractivity contribution >= 4 is 11.9 Å². The van der Waals surface area contributed by atoms with Gasteiger partial charge in [-0.2, -0.15) is 0 Å². The summed E-state index contributed by atoms with van der Waals surface area (Å²) in [5.41, 5.74) is 4.43. The zero-order valence-corrected chi connectivity index (χ0v) is 14.3. The van der Waals surface area contributed by atoms with Crippen molar-refractivity contribution in [3.63, 3.8) is 0 Å². The molecule has 1 aliphatic heterocycles. The quantitative estimate of drug-likeness (QED) is 0.904. The molecule has 2 atom stereocenters. The fourth-order valence-electron chi connectivity index (χ4n) is 3.49. The third-order valence-electron chi connectivity index (χ3n) is 4.61. The van der Waals surface area contributed by atoms with Gasteiger partial charge in [0.25, 0.3) is 0 Å². The van der Waals surface area contributed by atoms with Crippen LogP contribution in [0.25, 0.3) is 0 Å². The summed E-state index contributed by atoms with van der Waals surface area (Å²) < 4.78 is 5.33. The second kappa shape index (κ2) is 7.13. The fraction of sp³-hybridized carbons (Fsp3) is 0.556. The summed E-state index contributed by atoms with van der Waals surface area (Å²) in [5.74, 6) is -0.905. The van der Waals surface area contributed by atoms with E-state index in [0.29, 0.717) is 19.4 Å². The number of carbonyl (C=O) groups is 2. The van der Waals surface area contributed by atoms with Crippen LogP contribution in [-0.4, -0.2) is 47.7 Å². The lowest BCUT2D eigenvalue weighted by atomic mass is 9.97. The highest BCUT2D eigenvalue weighted by Gasteiger charge is 2.36. The minimum absolute atomic E-state index is 0.0224. The van der Waals surface area contributed by atoms with Gasteiger partial charge in [-0.3, -0.25) is 9.59 Å². The summed E-state index contributed by atoms with van der Waals surface area (Å²) in [5, 5.41) is 9.06. The van der Waals surface area contributed by atoms with Gasteiger partial charge in [-0.05, 0) is 43.9 Å². The summed E-state index contributed by atoms with van der Waals surface area (Å²) in [6.07, 6.45) is 0.783. The van der Waals surface area contributed by atoms with Gasteiger partial charge >= 0.3 is 5.97 Å². The molecule has 0 aromatic heterocycles. The molecule has 23 heavy (non-hydrogen) atoms. The van der Waals surface area contributed by atoms with Crippen molar-refractivity contribution in [3.05, 3.63) is 34.4 Å².